The molecule has 0 amide bonds. The Balaban J connectivity index is 1.86. The highest BCUT2D eigenvalue weighted by molar-refractivity contribution is 9.10. The number of pyridine rings is 1. The summed E-state index contributed by atoms with van der Waals surface area (Å²) in [5, 5.41) is 3.81. The maximum absolute atomic E-state index is 13.7. The van der Waals surface area contributed by atoms with Crippen LogP contribution in [-0.2, 0) is 6.42 Å². The number of fused-ring (bicyclic) bond motifs is 1. The first-order chi connectivity index (χ1) is 9.15. The molecule has 1 unspecified atom stereocenters. The highest BCUT2D eigenvalue weighted by atomic mass is 79.9. The van der Waals surface area contributed by atoms with Crippen LogP contribution in [0.5, 0.6) is 0 Å². The molecule has 1 aromatic carbocycles. The first kappa shape index (κ1) is 12.9. The molecule has 5 heteroatoms. The topological polar surface area (TPSA) is 24.9 Å². The number of halogens is 3. The minimum absolute atomic E-state index is 0.114. The second-order valence-electron chi connectivity index (χ2n) is 4.54. The van der Waals surface area contributed by atoms with Gasteiger partial charge in [-0.15, -0.1) is 0 Å². The number of nitrogens with zero attached hydrogens (tertiary/aromatic N) is 1. The fourth-order valence-electron chi connectivity index (χ4n) is 2.46. The third-order valence-corrected chi connectivity index (χ3v) is 4.48. The fraction of sp³-hybridized carbons (Fsp3) is 0.214. The Labute approximate surface area is 124 Å². The third kappa shape index (κ3) is 2.47. The second-order valence-corrected chi connectivity index (χ2v) is 5.75. The Hall–Kier alpha value is -1.13. The number of aromatic nitrogens is 1. The van der Waals surface area contributed by atoms with Gasteiger partial charge in [0.05, 0.1) is 22.4 Å². The van der Waals surface area contributed by atoms with E-state index in [1.165, 1.54) is 6.07 Å². The van der Waals surface area contributed by atoms with Crippen molar-refractivity contribution < 1.29 is 4.39 Å². The van der Waals surface area contributed by atoms with Gasteiger partial charge in [0.1, 0.15) is 11.0 Å². The second kappa shape index (κ2) is 5.10. The molecule has 0 fully saturated rings. The SMILES string of the molecule is Fc1cccc2c1CCC2Nc1cnc(Cl)c(Br)c1. The van der Waals surface area contributed by atoms with Gasteiger partial charge >= 0.3 is 0 Å². The van der Waals surface area contributed by atoms with Crippen LogP contribution in [-0.4, -0.2) is 4.98 Å². The molecule has 98 valence electrons. The zero-order valence-corrected chi connectivity index (χ0v) is 12.3. The van der Waals surface area contributed by atoms with E-state index in [1.807, 2.05) is 12.1 Å². The predicted octanol–water partition coefficient (Wildman–Crippen LogP) is 4.74. The van der Waals surface area contributed by atoms with Gasteiger partial charge in [0.15, 0.2) is 0 Å². The minimum Gasteiger partial charge on any atom is -0.377 e. The minimum atomic E-state index is -0.114. The van der Waals surface area contributed by atoms with Gasteiger partial charge in [0.25, 0.3) is 0 Å². The highest BCUT2D eigenvalue weighted by Gasteiger charge is 2.24. The van der Waals surface area contributed by atoms with Crippen molar-refractivity contribution >= 4 is 33.2 Å². The molecule has 1 aliphatic rings. The van der Waals surface area contributed by atoms with E-state index >= 15 is 0 Å². The van der Waals surface area contributed by atoms with Crippen LogP contribution in [0.4, 0.5) is 10.1 Å². The lowest BCUT2D eigenvalue weighted by molar-refractivity contribution is 0.612. The zero-order valence-electron chi connectivity index (χ0n) is 9.96. The monoisotopic (exact) mass is 340 g/mol. The molecule has 1 aromatic heterocycles. The molecular formula is C14H11BrClFN2. The summed E-state index contributed by atoms with van der Waals surface area (Å²) in [6.07, 6.45) is 3.34. The van der Waals surface area contributed by atoms with Gasteiger partial charge in [-0.25, -0.2) is 9.37 Å². The van der Waals surface area contributed by atoms with Crippen LogP contribution in [0, 0.1) is 5.82 Å². The Morgan fingerprint density at radius 2 is 2.26 bits per heavy atom. The smallest absolute Gasteiger partial charge is 0.143 e. The number of hydrogen-bond donors (Lipinski definition) is 1. The third-order valence-electron chi connectivity index (χ3n) is 3.35. The lowest BCUT2D eigenvalue weighted by Gasteiger charge is -2.15. The van der Waals surface area contributed by atoms with Crippen LogP contribution >= 0.6 is 27.5 Å². The molecule has 0 aliphatic heterocycles. The Morgan fingerprint density at radius 1 is 1.42 bits per heavy atom. The van der Waals surface area contributed by atoms with E-state index < -0.39 is 0 Å². The predicted molar refractivity (Wildman–Crippen MR) is 78.0 cm³/mol. The van der Waals surface area contributed by atoms with Gasteiger partial charge in [-0.3, -0.25) is 0 Å². The summed E-state index contributed by atoms with van der Waals surface area (Å²) in [4.78, 5) is 4.08. The number of hydrogen-bond acceptors (Lipinski definition) is 2. The van der Waals surface area contributed by atoms with Crippen molar-refractivity contribution in [3.8, 4) is 0 Å². The summed E-state index contributed by atoms with van der Waals surface area (Å²) in [5.41, 5.74) is 2.73. The molecule has 0 spiro atoms. The van der Waals surface area contributed by atoms with Crippen LogP contribution in [0.3, 0.4) is 0 Å². The average Bonchev–Trinajstić information content (AvgIpc) is 2.79. The van der Waals surface area contributed by atoms with Gasteiger partial charge < -0.3 is 5.32 Å². The molecule has 1 N–H and O–H groups in total. The van der Waals surface area contributed by atoms with Crippen molar-refractivity contribution in [3.05, 3.63) is 57.0 Å². The maximum Gasteiger partial charge on any atom is 0.143 e. The molecular weight excluding hydrogens is 331 g/mol. The largest absolute Gasteiger partial charge is 0.377 e. The van der Waals surface area contributed by atoms with Crippen LogP contribution in [0.1, 0.15) is 23.6 Å². The average molecular weight is 342 g/mol. The van der Waals surface area contributed by atoms with Crippen LogP contribution < -0.4 is 5.32 Å². The summed E-state index contributed by atoms with van der Waals surface area (Å²) in [6, 6.07) is 7.25. The summed E-state index contributed by atoms with van der Waals surface area (Å²) >= 11 is 9.21. The summed E-state index contributed by atoms with van der Waals surface area (Å²) in [7, 11) is 0. The first-order valence-corrected chi connectivity index (χ1v) is 7.17. The molecule has 1 aliphatic carbocycles. The lowest BCUT2D eigenvalue weighted by Crippen LogP contribution is -2.07. The lowest BCUT2D eigenvalue weighted by atomic mass is 10.1. The zero-order chi connectivity index (χ0) is 13.4. The Bertz CT molecular complexity index is 633. The Kier molecular flexibility index (Phi) is 3.46. The molecule has 1 heterocycles. The van der Waals surface area contributed by atoms with E-state index in [0.717, 1.165) is 34.1 Å². The number of anilines is 1. The molecule has 0 saturated heterocycles. The van der Waals surface area contributed by atoms with Crippen molar-refractivity contribution in [1.29, 1.82) is 0 Å². The summed E-state index contributed by atoms with van der Waals surface area (Å²) in [6.45, 7) is 0. The van der Waals surface area contributed by atoms with Crippen LogP contribution in [0.2, 0.25) is 5.15 Å². The standard InChI is InChI=1S/C14H11BrClFN2/c15-11-6-8(7-18-14(11)16)19-13-5-4-9-10(13)2-1-3-12(9)17/h1-3,6-7,13,19H,4-5H2. The molecule has 2 nitrogen and oxygen atoms in total. The number of rotatable bonds is 2. The summed E-state index contributed by atoms with van der Waals surface area (Å²) in [5.74, 6) is -0.114. The number of benzene rings is 1. The molecule has 0 radical (unpaired) electrons. The van der Waals surface area contributed by atoms with Gasteiger partial charge in [-0.2, -0.15) is 0 Å². The van der Waals surface area contributed by atoms with Crippen molar-refractivity contribution in [2.45, 2.75) is 18.9 Å². The molecule has 0 saturated carbocycles. The van der Waals surface area contributed by atoms with Crippen molar-refractivity contribution in [1.82, 2.24) is 4.98 Å². The van der Waals surface area contributed by atoms with Crippen LogP contribution in [0.15, 0.2) is 34.9 Å². The van der Waals surface area contributed by atoms with Gasteiger partial charge in [-0.1, -0.05) is 23.7 Å². The number of nitrogens with one attached hydrogen (secondary N) is 1. The van der Waals surface area contributed by atoms with Gasteiger partial charge in [-0.05, 0) is 52.0 Å². The first-order valence-electron chi connectivity index (χ1n) is 6.00. The van der Waals surface area contributed by atoms with E-state index in [4.69, 9.17) is 11.6 Å². The van der Waals surface area contributed by atoms with Gasteiger partial charge in [0.2, 0.25) is 0 Å². The highest BCUT2D eigenvalue weighted by Crippen LogP contribution is 2.35. The molecule has 3 rings (SSSR count). The van der Waals surface area contributed by atoms with Crippen molar-refractivity contribution in [3.63, 3.8) is 0 Å². The van der Waals surface area contributed by atoms with Gasteiger partial charge in [0, 0.05) is 0 Å². The molecule has 19 heavy (non-hydrogen) atoms. The Morgan fingerprint density at radius 3 is 3.05 bits per heavy atom. The molecule has 0 bridgehead atoms. The van der Waals surface area contributed by atoms with Crippen LogP contribution in [0.25, 0.3) is 0 Å². The van der Waals surface area contributed by atoms with E-state index in [2.05, 4.69) is 26.2 Å². The molecule has 1 atom stereocenters. The van der Waals surface area contributed by atoms with E-state index in [1.54, 1.807) is 12.3 Å². The maximum atomic E-state index is 13.7. The fourth-order valence-corrected chi connectivity index (χ4v) is 2.91. The van der Waals surface area contributed by atoms with Crippen molar-refractivity contribution in [2.75, 3.05) is 5.32 Å². The van der Waals surface area contributed by atoms with Crippen molar-refractivity contribution in [2.24, 2.45) is 0 Å². The molecule has 2 aromatic rings. The van der Waals surface area contributed by atoms with E-state index in [9.17, 15) is 4.39 Å². The summed E-state index contributed by atoms with van der Waals surface area (Å²) < 4.78 is 14.4. The van der Waals surface area contributed by atoms with E-state index in [-0.39, 0.29) is 11.9 Å². The quantitative estimate of drug-likeness (QED) is 0.798. The van der Waals surface area contributed by atoms with E-state index in [0.29, 0.717) is 5.15 Å². The normalized spacial score (nSPS) is 17.3.